The highest BCUT2D eigenvalue weighted by atomic mass is 32.2. The Bertz CT molecular complexity index is 349. The summed E-state index contributed by atoms with van der Waals surface area (Å²) in [5, 5.41) is 17.6. The van der Waals surface area contributed by atoms with E-state index in [1.807, 2.05) is 24.0 Å². The molecular formula is C11H20N4OS. The third-order valence-corrected chi connectivity index (χ3v) is 4.02. The molecule has 1 aliphatic rings. The third kappa shape index (κ3) is 3.70. The fourth-order valence-corrected chi connectivity index (χ4v) is 2.74. The Hall–Kier alpha value is -0.560. The predicted molar refractivity (Wildman–Crippen MR) is 69.2 cm³/mol. The van der Waals surface area contributed by atoms with Crippen LogP contribution in [0.15, 0.2) is 17.6 Å². The number of aliphatic hydroxyl groups is 1. The Morgan fingerprint density at radius 2 is 2.59 bits per heavy atom. The molecule has 2 heterocycles. The Labute approximate surface area is 106 Å². The molecule has 6 heteroatoms. The second-order valence-electron chi connectivity index (χ2n) is 4.50. The minimum Gasteiger partial charge on any atom is -0.387 e. The summed E-state index contributed by atoms with van der Waals surface area (Å²) in [6.45, 7) is 3.17. The number of hydrogen-bond acceptors (Lipinski definition) is 5. The first-order chi connectivity index (χ1) is 8.20. The van der Waals surface area contributed by atoms with Crippen LogP contribution in [0, 0.1) is 0 Å². The number of aromatic nitrogens is 2. The van der Waals surface area contributed by atoms with Crippen LogP contribution in [0.2, 0.25) is 0 Å². The maximum atomic E-state index is 10.1. The average molecular weight is 256 g/mol. The molecule has 0 radical (unpaired) electrons. The molecule has 0 unspecified atom stereocenters. The molecule has 1 aromatic rings. The second kappa shape index (κ2) is 5.86. The number of nitrogens with one attached hydrogen (secondary N) is 2. The van der Waals surface area contributed by atoms with Crippen molar-refractivity contribution >= 4 is 11.8 Å². The van der Waals surface area contributed by atoms with Gasteiger partial charge >= 0.3 is 0 Å². The van der Waals surface area contributed by atoms with Gasteiger partial charge in [0.15, 0.2) is 5.16 Å². The topological polar surface area (TPSA) is 62.1 Å². The summed E-state index contributed by atoms with van der Waals surface area (Å²) in [5.74, 6) is 0.967. The van der Waals surface area contributed by atoms with Gasteiger partial charge < -0.3 is 20.3 Å². The van der Waals surface area contributed by atoms with Crippen molar-refractivity contribution in [3.63, 3.8) is 0 Å². The number of thioether (sulfide) groups is 1. The van der Waals surface area contributed by atoms with Gasteiger partial charge in [-0.2, -0.15) is 0 Å². The number of nitrogens with zero attached hydrogens (tertiary/aromatic N) is 2. The molecule has 1 saturated heterocycles. The molecule has 3 N–H and O–H groups in total. The van der Waals surface area contributed by atoms with Crippen molar-refractivity contribution in [2.75, 3.05) is 31.9 Å². The van der Waals surface area contributed by atoms with Crippen LogP contribution in [0.3, 0.4) is 0 Å². The summed E-state index contributed by atoms with van der Waals surface area (Å²) in [7, 11) is 2.00. The van der Waals surface area contributed by atoms with Crippen LogP contribution in [0.25, 0.3) is 0 Å². The molecule has 5 nitrogen and oxygen atoms in total. The lowest BCUT2D eigenvalue weighted by atomic mass is 10.0. The molecule has 0 bridgehead atoms. The molecule has 0 spiro atoms. The Morgan fingerprint density at radius 3 is 3.24 bits per heavy atom. The molecule has 2 rings (SSSR count). The van der Waals surface area contributed by atoms with Crippen molar-refractivity contribution in [3.8, 4) is 0 Å². The number of hydrogen-bond donors (Lipinski definition) is 3. The highest BCUT2D eigenvalue weighted by Gasteiger charge is 2.30. The second-order valence-corrected chi connectivity index (χ2v) is 5.56. The highest BCUT2D eigenvalue weighted by molar-refractivity contribution is 7.99. The quantitative estimate of drug-likeness (QED) is 0.487. The van der Waals surface area contributed by atoms with Crippen molar-refractivity contribution in [1.82, 2.24) is 20.2 Å². The molecular weight excluding hydrogens is 236 g/mol. The SMILES string of the molecule is Cn1ccnc1SCCNC[C@@]1(O)CCNC1. The molecule has 17 heavy (non-hydrogen) atoms. The minimum absolute atomic E-state index is 0.548. The number of rotatable bonds is 6. The smallest absolute Gasteiger partial charge is 0.167 e. The van der Waals surface area contributed by atoms with Gasteiger partial charge in [0.05, 0.1) is 5.60 Å². The van der Waals surface area contributed by atoms with Crippen molar-refractivity contribution in [1.29, 1.82) is 0 Å². The summed E-state index contributed by atoms with van der Waals surface area (Å²) in [6, 6.07) is 0. The van der Waals surface area contributed by atoms with Crippen LogP contribution in [0.5, 0.6) is 0 Å². The fraction of sp³-hybridized carbons (Fsp3) is 0.727. The van der Waals surface area contributed by atoms with Crippen LogP contribution in [0.1, 0.15) is 6.42 Å². The molecule has 96 valence electrons. The lowest BCUT2D eigenvalue weighted by molar-refractivity contribution is 0.0619. The summed E-state index contributed by atoms with van der Waals surface area (Å²) in [4.78, 5) is 4.24. The molecule has 0 saturated carbocycles. The summed E-state index contributed by atoms with van der Waals surface area (Å²) in [5.41, 5.74) is -0.548. The van der Waals surface area contributed by atoms with Gasteiger partial charge in [0.1, 0.15) is 0 Å². The van der Waals surface area contributed by atoms with Crippen molar-refractivity contribution in [2.24, 2.45) is 7.05 Å². The van der Waals surface area contributed by atoms with E-state index in [2.05, 4.69) is 15.6 Å². The maximum absolute atomic E-state index is 10.1. The molecule has 0 aromatic carbocycles. The van der Waals surface area contributed by atoms with Gasteiger partial charge in [-0.1, -0.05) is 11.8 Å². The monoisotopic (exact) mass is 256 g/mol. The molecule has 0 aliphatic carbocycles. The fourth-order valence-electron chi connectivity index (χ4n) is 1.91. The molecule has 1 aliphatic heterocycles. The first-order valence-corrected chi connectivity index (χ1v) is 6.92. The van der Waals surface area contributed by atoms with E-state index in [-0.39, 0.29) is 0 Å². The van der Waals surface area contributed by atoms with E-state index in [0.717, 1.165) is 30.4 Å². The van der Waals surface area contributed by atoms with Gasteiger partial charge in [0.2, 0.25) is 0 Å². The van der Waals surface area contributed by atoms with Gasteiger partial charge in [0, 0.05) is 44.8 Å². The van der Waals surface area contributed by atoms with Gasteiger partial charge in [-0.25, -0.2) is 4.98 Å². The maximum Gasteiger partial charge on any atom is 0.167 e. The van der Waals surface area contributed by atoms with Gasteiger partial charge in [-0.15, -0.1) is 0 Å². The summed E-state index contributed by atoms with van der Waals surface area (Å²) >= 11 is 1.73. The van der Waals surface area contributed by atoms with Crippen LogP contribution >= 0.6 is 11.8 Å². The van der Waals surface area contributed by atoms with Crippen LogP contribution in [-0.4, -0.2) is 52.2 Å². The van der Waals surface area contributed by atoms with E-state index in [9.17, 15) is 5.11 Å². The van der Waals surface area contributed by atoms with Crippen molar-refractivity contribution in [2.45, 2.75) is 17.2 Å². The molecule has 1 atom stereocenters. The largest absolute Gasteiger partial charge is 0.387 e. The van der Waals surface area contributed by atoms with E-state index in [0.29, 0.717) is 13.1 Å². The molecule has 1 fully saturated rings. The average Bonchev–Trinajstić information content (AvgIpc) is 2.89. The lowest BCUT2D eigenvalue weighted by Crippen LogP contribution is -2.42. The highest BCUT2D eigenvalue weighted by Crippen LogP contribution is 2.14. The standard InChI is InChI=1S/C11H20N4OS/c1-15-6-4-14-10(15)17-7-5-13-9-11(16)2-3-12-8-11/h4,6,12-13,16H,2-3,5,7-9H2,1H3/t11-/m1/s1. The third-order valence-electron chi connectivity index (χ3n) is 2.96. The van der Waals surface area contributed by atoms with E-state index >= 15 is 0 Å². The summed E-state index contributed by atoms with van der Waals surface area (Å²) in [6.07, 6.45) is 4.60. The Morgan fingerprint density at radius 1 is 1.71 bits per heavy atom. The summed E-state index contributed by atoms with van der Waals surface area (Å²) < 4.78 is 2.01. The van der Waals surface area contributed by atoms with Crippen LogP contribution in [-0.2, 0) is 7.05 Å². The van der Waals surface area contributed by atoms with E-state index < -0.39 is 5.60 Å². The zero-order valence-corrected chi connectivity index (χ0v) is 11.0. The van der Waals surface area contributed by atoms with Crippen LogP contribution in [0.4, 0.5) is 0 Å². The number of β-amino-alcohol motifs (C(OH)–C–C–N with tert-alkyl or cyclic N) is 1. The first kappa shape index (κ1) is 12.9. The van der Waals surface area contributed by atoms with Gasteiger partial charge in [0.25, 0.3) is 0 Å². The van der Waals surface area contributed by atoms with Crippen molar-refractivity contribution < 1.29 is 5.11 Å². The van der Waals surface area contributed by atoms with E-state index in [1.165, 1.54) is 0 Å². The minimum atomic E-state index is -0.548. The lowest BCUT2D eigenvalue weighted by Gasteiger charge is -2.21. The predicted octanol–water partition coefficient (Wildman–Crippen LogP) is -0.174. The zero-order valence-electron chi connectivity index (χ0n) is 10.1. The van der Waals surface area contributed by atoms with Gasteiger partial charge in [-0.3, -0.25) is 0 Å². The van der Waals surface area contributed by atoms with Crippen LogP contribution < -0.4 is 10.6 Å². The number of imidazole rings is 1. The Balaban J connectivity index is 1.59. The first-order valence-electron chi connectivity index (χ1n) is 5.94. The van der Waals surface area contributed by atoms with E-state index in [1.54, 1.807) is 11.8 Å². The molecule has 0 amide bonds. The van der Waals surface area contributed by atoms with Crippen molar-refractivity contribution in [3.05, 3.63) is 12.4 Å². The van der Waals surface area contributed by atoms with E-state index in [4.69, 9.17) is 0 Å². The normalized spacial score (nSPS) is 24.4. The Kier molecular flexibility index (Phi) is 4.44. The number of aryl methyl sites for hydroxylation is 1. The zero-order chi connectivity index (χ0) is 12.1. The van der Waals surface area contributed by atoms with Gasteiger partial charge in [-0.05, 0) is 13.0 Å². The molecule has 1 aromatic heterocycles.